The standard InChI is InChI=1S/C66H40/c1-5-21-41(22-6-1)45-29-13-15-31-47(45)59-51-35-19-17-33-49(51)57(43-25-9-3-10-26-43)63-53-38-40-56-62-54(37-39-55(61(53)62)65(59)63)64-58(44-27-11-4-12-28-44)50-34-18-20-36-52(50)60(66(56)64)48-32-16-14-30-46(48)42-23-7-2-8-24-42/h1-40H. The van der Waals surface area contributed by atoms with E-state index < -0.39 is 0 Å². The molecule has 0 N–H and O–H groups in total. The van der Waals surface area contributed by atoms with Crippen LogP contribution in [0.4, 0.5) is 0 Å². The molecule has 12 aromatic carbocycles. The van der Waals surface area contributed by atoms with Gasteiger partial charge in [-0.3, -0.25) is 0 Å². The fourth-order valence-electron chi connectivity index (χ4n) is 11.8. The van der Waals surface area contributed by atoms with E-state index >= 15 is 0 Å². The zero-order chi connectivity index (χ0) is 43.3. The first kappa shape index (κ1) is 36.9. The smallest absolute Gasteiger partial charge is 0.000718 e. The highest BCUT2D eigenvalue weighted by Gasteiger charge is 2.37. The zero-order valence-corrected chi connectivity index (χ0v) is 36.1. The average Bonchev–Trinajstić information content (AvgIpc) is 3.90. The number of hydrogen-bond acceptors (Lipinski definition) is 0. The molecule has 304 valence electrons. The van der Waals surface area contributed by atoms with Crippen LogP contribution < -0.4 is 0 Å². The maximum absolute atomic E-state index is 2.46. The third-order valence-electron chi connectivity index (χ3n) is 14.4. The molecule has 0 radical (unpaired) electrons. The topological polar surface area (TPSA) is 0 Å². The van der Waals surface area contributed by atoms with Crippen LogP contribution in [-0.2, 0) is 0 Å². The maximum Gasteiger partial charge on any atom is -0.000718 e. The van der Waals surface area contributed by atoms with Gasteiger partial charge in [-0.2, -0.15) is 0 Å². The largest absolute Gasteiger partial charge is 0.0622 e. The van der Waals surface area contributed by atoms with E-state index in [1.807, 2.05) is 0 Å². The minimum Gasteiger partial charge on any atom is -0.0622 e. The summed E-state index contributed by atoms with van der Waals surface area (Å²) >= 11 is 0. The highest BCUT2D eigenvalue weighted by molar-refractivity contribution is 6.35. The molecule has 0 aromatic heterocycles. The molecule has 0 saturated carbocycles. The fourth-order valence-corrected chi connectivity index (χ4v) is 11.8. The Bertz CT molecular complexity index is 3680. The molecule has 0 saturated heterocycles. The van der Waals surface area contributed by atoms with Gasteiger partial charge in [0.15, 0.2) is 0 Å². The van der Waals surface area contributed by atoms with Crippen molar-refractivity contribution in [2.45, 2.75) is 0 Å². The van der Waals surface area contributed by atoms with Crippen molar-refractivity contribution in [1.82, 2.24) is 0 Å². The Labute approximate surface area is 384 Å². The average molecular weight is 833 g/mol. The van der Waals surface area contributed by atoms with Gasteiger partial charge < -0.3 is 0 Å². The molecule has 0 fully saturated rings. The van der Waals surface area contributed by atoms with Gasteiger partial charge in [-0.15, -0.1) is 0 Å². The maximum atomic E-state index is 2.46. The van der Waals surface area contributed by atoms with Gasteiger partial charge in [-0.1, -0.05) is 243 Å². The molecule has 0 heteroatoms. The van der Waals surface area contributed by atoms with Gasteiger partial charge in [-0.05, 0) is 144 Å². The molecular formula is C66H40. The normalized spacial score (nSPS) is 11.9. The van der Waals surface area contributed by atoms with Crippen LogP contribution in [0.3, 0.4) is 0 Å². The van der Waals surface area contributed by atoms with E-state index in [0.717, 1.165) is 0 Å². The summed E-state index contributed by atoms with van der Waals surface area (Å²) in [6, 6.07) is 90.1. The SMILES string of the molecule is c1ccc(-c2ccccc2-c2c3c(c(-c4ccccc4)c4ccccc24)-c2ccc4c5c(ccc-3c25)-c2c-4c(-c3ccccc3-c3ccccc3)c3ccccc3c2-c2ccccc2)cc1. The van der Waals surface area contributed by atoms with E-state index in [1.54, 1.807) is 0 Å². The van der Waals surface area contributed by atoms with Crippen LogP contribution in [0.1, 0.15) is 0 Å². The number of rotatable bonds is 6. The quantitative estimate of drug-likeness (QED) is 0.157. The molecule has 2 aliphatic carbocycles. The van der Waals surface area contributed by atoms with Gasteiger partial charge in [0.25, 0.3) is 0 Å². The highest BCUT2D eigenvalue weighted by atomic mass is 14.4. The fraction of sp³-hybridized carbons (Fsp3) is 0. The summed E-state index contributed by atoms with van der Waals surface area (Å²) in [5.74, 6) is 0. The van der Waals surface area contributed by atoms with Crippen molar-refractivity contribution in [1.29, 1.82) is 0 Å². The first-order valence-electron chi connectivity index (χ1n) is 23.0. The molecule has 0 heterocycles. The van der Waals surface area contributed by atoms with Crippen molar-refractivity contribution in [3.63, 3.8) is 0 Å². The molecule has 14 rings (SSSR count). The van der Waals surface area contributed by atoms with Gasteiger partial charge in [0.2, 0.25) is 0 Å². The summed E-state index contributed by atoms with van der Waals surface area (Å²) in [6.45, 7) is 0. The second kappa shape index (κ2) is 14.5. The monoisotopic (exact) mass is 832 g/mol. The summed E-state index contributed by atoms with van der Waals surface area (Å²) in [5.41, 5.74) is 25.5. The van der Waals surface area contributed by atoms with Gasteiger partial charge in [0.1, 0.15) is 0 Å². The summed E-state index contributed by atoms with van der Waals surface area (Å²) in [7, 11) is 0. The first-order valence-corrected chi connectivity index (χ1v) is 23.0. The lowest BCUT2D eigenvalue weighted by Gasteiger charge is -2.22. The van der Waals surface area contributed by atoms with Crippen molar-refractivity contribution < 1.29 is 0 Å². The van der Waals surface area contributed by atoms with Gasteiger partial charge in [-0.25, -0.2) is 0 Å². The van der Waals surface area contributed by atoms with Crippen molar-refractivity contribution in [3.05, 3.63) is 243 Å². The second-order valence-corrected chi connectivity index (χ2v) is 17.7. The van der Waals surface area contributed by atoms with Crippen LogP contribution in [0.25, 0.3) is 144 Å². The van der Waals surface area contributed by atoms with E-state index in [1.165, 1.54) is 144 Å². The van der Waals surface area contributed by atoms with Crippen molar-refractivity contribution in [2.24, 2.45) is 0 Å². The molecule has 0 bridgehead atoms. The van der Waals surface area contributed by atoms with Crippen LogP contribution >= 0.6 is 0 Å². The van der Waals surface area contributed by atoms with Crippen LogP contribution in [-0.4, -0.2) is 0 Å². The Kier molecular flexibility index (Phi) is 8.08. The molecule has 2 aliphatic rings. The van der Waals surface area contributed by atoms with Crippen LogP contribution in [0.2, 0.25) is 0 Å². The highest BCUT2D eigenvalue weighted by Crippen LogP contribution is 2.65. The Morgan fingerprint density at radius 3 is 0.712 bits per heavy atom. The Morgan fingerprint density at radius 1 is 0.136 bits per heavy atom. The number of fused-ring (bicyclic) bond motifs is 8. The van der Waals surface area contributed by atoms with Gasteiger partial charge in [0.05, 0.1) is 0 Å². The van der Waals surface area contributed by atoms with Gasteiger partial charge >= 0.3 is 0 Å². The Balaban J connectivity index is 1.15. The lowest BCUT2D eigenvalue weighted by atomic mass is 9.80. The zero-order valence-electron chi connectivity index (χ0n) is 36.1. The number of benzene rings is 12. The molecule has 66 heavy (non-hydrogen) atoms. The van der Waals surface area contributed by atoms with Crippen molar-refractivity contribution >= 4 is 32.3 Å². The molecule has 0 atom stereocenters. The summed E-state index contributed by atoms with van der Waals surface area (Å²) in [5, 5.41) is 7.74. The first-order chi connectivity index (χ1) is 32.8. The lowest BCUT2D eigenvalue weighted by molar-refractivity contribution is 1.59. The van der Waals surface area contributed by atoms with E-state index in [0.29, 0.717) is 0 Å². The van der Waals surface area contributed by atoms with E-state index in [2.05, 4.69) is 243 Å². The van der Waals surface area contributed by atoms with Crippen molar-refractivity contribution in [3.8, 4) is 111 Å². The van der Waals surface area contributed by atoms with Crippen molar-refractivity contribution in [2.75, 3.05) is 0 Å². The molecule has 12 aromatic rings. The van der Waals surface area contributed by atoms with E-state index in [-0.39, 0.29) is 0 Å². The Hall–Kier alpha value is -8.58. The second-order valence-electron chi connectivity index (χ2n) is 17.7. The predicted molar refractivity (Wildman–Crippen MR) is 280 cm³/mol. The molecule has 0 amide bonds. The molecule has 0 nitrogen and oxygen atoms in total. The summed E-state index contributed by atoms with van der Waals surface area (Å²) < 4.78 is 0. The van der Waals surface area contributed by atoms with Gasteiger partial charge in [0, 0.05) is 0 Å². The van der Waals surface area contributed by atoms with E-state index in [4.69, 9.17) is 0 Å². The van der Waals surface area contributed by atoms with Crippen LogP contribution in [0, 0.1) is 0 Å². The summed E-state index contributed by atoms with van der Waals surface area (Å²) in [6.07, 6.45) is 0. The summed E-state index contributed by atoms with van der Waals surface area (Å²) in [4.78, 5) is 0. The molecular weight excluding hydrogens is 793 g/mol. The third kappa shape index (κ3) is 5.21. The lowest BCUT2D eigenvalue weighted by Crippen LogP contribution is -1.95. The van der Waals surface area contributed by atoms with Crippen LogP contribution in [0.5, 0.6) is 0 Å². The third-order valence-corrected chi connectivity index (χ3v) is 14.4. The predicted octanol–water partition coefficient (Wildman–Crippen LogP) is 18.4. The minimum atomic E-state index is 1.22. The molecule has 0 spiro atoms. The number of hydrogen-bond donors (Lipinski definition) is 0. The molecule has 0 aliphatic heterocycles. The molecule has 0 unspecified atom stereocenters. The van der Waals surface area contributed by atoms with E-state index in [9.17, 15) is 0 Å². The Morgan fingerprint density at radius 2 is 0.379 bits per heavy atom. The minimum absolute atomic E-state index is 1.22. The van der Waals surface area contributed by atoms with Crippen LogP contribution in [0.15, 0.2) is 243 Å².